The molecule has 0 fully saturated rings. The zero-order chi connectivity index (χ0) is 20.9. The Balaban J connectivity index is 2.12. The van der Waals surface area contributed by atoms with Crippen LogP contribution in [-0.4, -0.2) is 6.18 Å². The van der Waals surface area contributed by atoms with E-state index in [0.29, 0.717) is 5.56 Å². The zero-order valence-corrected chi connectivity index (χ0v) is 17.3. The molecular weight excluding hydrogens is 359 g/mol. The van der Waals surface area contributed by atoms with E-state index in [1.165, 1.54) is 30.5 Å². The molecule has 0 spiro atoms. The fourth-order valence-corrected chi connectivity index (χ4v) is 3.69. The van der Waals surface area contributed by atoms with E-state index in [9.17, 15) is 13.2 Å². The van der Waals surface area contributed by atoms with Gasteiger partial charge in [0.15, 0.2) is 6.20 Å². The fourth-order valence-electron chi connectivity index (χ4n) is 3.69. The van der Waals surface area contributed by atoms with Gasteiger partial charge in [-0.25, -0.2) is 4.57 Å². The molecule has 0 radical (unpaired) electrons. The average Bonchev–Trinajstić information content (AvgIpc) is 2.56. The second kappa shape index (κ2) is 6.91. The molecule has 0 aliphatic heterocycles. The first-order valence-corrected chi connectivity index (χ1v) is 9.46. The highest BCUT2D eigenvalue weighted by molar-refractivity contribution is 5.85. The van der Waals surface area contributed by atoms with E-state index < -0.39 is 11.6 Å². The molecule has 0 unspecified atom stereocenters. The van der Waals surface area contributed by atoms with E-state index in [-0.39, 0.29) is 6.42 Å². The maximum atomic E-state index is 13.3. The molecule has 3 rings (SSSR count). The number of fused-ring (bicyclic) bond motifs is 1. The summed E-state index contributed by atoms with van der Waals surface area (Å²) in [7, 11) is 2.01. The molecule has 1 heterocycles. The molecule has 0 N–H and O–H groups in total. The van der Waals surface area contributed by atoms with E-state index in [4.69, 9.17) is 0 Å². The lowest BCUT2D eigenvalue weighted by atomic mass is 9.84. The predicted molar refractivity (Wildman–Crippen MR) is 108 cm³/mol. The van der Waals surface area contributed by atoms with Crippen LogP contribution < -0.4 is 4.57 Å². The predicted octanol–water partition coefficient (Wildman–Crippen LogP) is 6.39. The van der Waals surface area contributed by atoms with Crippen LogP contribution in [0.2, 0.25) is 0 Å². The zero-order valence-electron chi connectivity index (χ0n) is 17.3. The molecule has 0 saturated carbocycles. The molecule has 0 aliphatic rings. The van der Waals surface area contributed by atoms with Crippen molar-refractivity contribution in [2.24, 2.45) is 12.5 Å². The van der Waals surface area contributed by atoms with Crippen LogP contribution >= 0.6 is 0 Å². The minimum absolute atomic E-state index is 0.0363. The van der Waals surface area contributed by atoms with Crippen molar-refractivity contribution in [1.82, 2.24) is 0 Å². The number of aromatic nitrogens is 1. The molecule has 0 atom stereocenters. The summed E-state index contributed by atoms with van der Waals surface area (Å²) in [5.41, 5.74) is 4.80. The van der Waals surface area contributed by atoms with Crippen LogP contribution in [0.25, 0.3) is 22.0 Å². The standard InChI is InChI=1S/C24H27F3N/c1-15-9-16(2)17(3)21(10-15)22-12-20-11-18(7-8-19(20)14-28(22)6)13-23(4,5)24(25,26)27/h7-12,14H,13H2,1-6H3/q+1. The number of rotatable bonds is 3. The quantitative estimate of drug-likeness (QED) is 0.459. The van der Waals surface area contributed by atoms with Gasteiger partial charge < -0.3 is 0 Å². The van der Waals surface area contributed by atoms with Crippen molar-refractivity contribution in [2.45, 2.75) is 47.2 Å². The molecule has 3 aromatic rings. The number of nitrogens with zero attached hydrogens (tertiary/aromatic N) is 1. The molecule has 1 aromatic heterocycles. The summed E-state index contributed by atoms with van der Waals surface area (Å²) in [5.74, 6) is 0. The number of halogens is 3. The second-order valence-electron chi connectivity index (χ2n) is 8.55. The highest BCUT2D eigenvalue weighted by Crippen LogP contribution is 2.40. The van der Waals surface area contributed by atoms with Crippen molar-refractivity contribution in [3.05, 3.63) is 64.8 Å². The van der Waals surface area contributed by atoms with Crippen LogP contribution in [0.3, 0.4) is 0 Å². The summed E-state index contributed by atoms with van der Waals surface area (Å²) >= 11 is 0. The van der Waals surface area contributed by atoms with Crippen molar-refractivity contribution in [3.8, 4) is 11.3 Å². The van der Waals surface area contributed by atoms with Gasteiger partial charge in [-0.15, -0.1) is 0 Å². The van der Waals surface area contributed by atoms with Gasteiger partial charge in [0.25, 0.3) is 0 Å². The van der Waals surface area contributed by atoms with E-state index in [0.717, 1.165) is 22.0 Å². The maximum Gasteiger partial charge on any atom is 0.394 e. The monoisotopic (exact) mass is 386 g/mol. The first kappa shape index (κ1) is 20.4. The number of aryl methyl sites for hydroxylation is 3. The van der Waals surface area contributed by atoms with Crippen LogP contribution in [0.5, 0.6) is 0 Å². The summed E-state index contributed by atoms with van der Waals surface area (Å²) in [4.78, 5) is 0. The third kappa shape index (κ3) is 3.78. The van der Waals surface area contributed by atoms with Crippen molar-refractivity contribution in [1.29, 1.82) is 0 Å². The lowest BCUT2D eigenvalue weighted by molar-refractivity contribution is -0.659. The van der Waals surface area contributed by atoms with Crippen LogP contribution in [0.1, 0.15) is 36.1 Å². The van der Waals surface area contributed by atoms with Gasteiger partial charge in [0.1, 0.15) is 7.05 Å². The molecule has 0 aliphatic carbocycles. The molecule has 4 heteroatoms. The molecule has 0 amide bonds. The van der Waals surface area contributed by atoms with E-state index in [2.05, 4.69) is 43.5 Å². The summed E-state index contributed by atoms with van der Waals surface area (Å²) in [6.45, 7) is 8.80. The van der Waals surface area contributed by atoms with E-state index >= 15 is 0 Å². The van der Waals surface area contributed by atoms with Crippen LogP contribution in [-0.2, 0) is 13.5 Å². The molecular formula is C24H27F3N+. The molecule has 28 heavy (non-hydrogen) atoms. The van der Waals surface area contributed by atoms with Gasteiger partial charge in [-0.3, -0.25) is 0 Å². The fraction of sp³-hybridized carbons (Fsp3) is 0.375. The highest BCUT2D eigenvalue weighted by atomic mass is 19.4. The minimum atomic E-state index is -4.23. The van der Waals surface area contributed by atoms with Gasteiger partial charge >= 0.3 is 6.18 Å². The van der Waals surface area contributed by atoms with Gasteiger partial charge in [-0.2, -0.15) is 13.2 Å². The van der Waals surface area contributed by atoms with Gasteiger partial charge in [-0.1, -0.05) is 37.6 Å². The Morgan fingerprint density at radius 3 is 2.21 bits per heavy atom. The average molecular weight is 386 g/mol. The summed E-state index contributed by atoms with van der Waals surface area (Å²) in [5, 5.41) is 1.98. The van der Waals surface area contributed by atoms with E-state index in [1.807, 2.05) is 25.4 Å². The number of hydrogen-bond acceptors (Lipinski definition) is 0. The number of benzene rings is 2. The third-order valence-electron chi connectivity index (χ3n) is 5.66. The minimum Gasteiger partial charge on any atom is -0.200 e. The Hall–Kier alpha value is -2.36. The largest absolute Gasteiger partial charge is 0.394 e. The summed E-state index contributed by atoms with van der Waals surface area (Å²) in [6, 6.07) is 12.0. The third-order valence-corrected chi connectivity index (χ3v) is 5.66. The van der Waals surface area contributed by atoms with Crippen molar-refractivity contribution in [3.63, 3.8) is 0 Å². The van der Waals surface area contributed by atoms with Gasteiger partial charge in [-0.05, 0) is 61.4 Å². The van der Waals surface area contributed by atoms with Gasteiger partial charge in [0, 0.05) is 17.0 Å². The van der Waals surface area contributed by atoms with Crippen LogP contribution in [0.15, 0.2) is 42.6 Å². The lowest BCUT2D eigenvalue weighted by Crippen LogP contribution is -2.34. The topological polar surface area (TPSA) is 3.88 Å². The van der Waals surface area contributed by atoms with E-state index in [1.54, 1.807) is 6.07 Å². The molecule has 1 nitrogen and oxygen atoms in total. The Labute approximate surface area is 164 Å². The van der Waals surface area contributed by atoms with Crippen molar-refractivity contribution >= 4 is 10.8 Å². The van der Waals surface area contributed by atoms with Crippen molar-refractivity contribution < 1.29 is 17.7 Å². The molecule has 148 valence electrons. The summed E-state index contributed by atoms with van der Waals surface area (Å²) < 4.78 is 42.0. The van der Waals surface area contributed by atoms with Crippen LogP contribution in [0.4, 0.5) is 13.2 Å². The molecule has 0 saturated heterocycles. The Bertz CT molecular complexity index is 1050. The lowest BCUT2D eigenvalue weighted by Gasteiger charge is -2.27. The first-order chi connectivity index (χ1) is 12.9. The van der Waals surface area contributed by atoms with Gasteiger partial charge in [0.05, 0.1) is 5.41 Å². The normalized spacial score (nSPS) is 12.6. The Kier molecular flexibility index (Phi) is 5.03. The summed E-state index contributed by atoms with van der Waals surface area (Å²) in [6.07, 6.45) is -2.22. The van der Waals surface area contributed by atoms with Crippen molar-refractivity contribution in [2.75, 3.05) is 0 Å². The highest BCUT2D eigenvalue weighted by Gasteiger charge is 2.46. The number of hydrogen-bond donors (Lipinski definition) is 0. The Morgan fingerprint density at radius 1 is 0.893 bits per heavy atom. The van der Waals surface area contributed by atoms with Gasteiger partial charge in [0.2, 0.25) is 5.69 Å². The second-order valence-corrected chi connectivity index (χ2v) is 8.55. The number of pyridine rings is 1. The molecule has 0 bridgehead atoms. The number of alkyl halides is 3. The maximum absolute atomic E-state index is 13.3. The van der Waals surface area contributed by atoms with Crippen LogP contribution in [0, 0.1) is 26.2 Å². The molecule has 2 aromatic carbocycles. The SMILES string of the molecule is Cc1cc(C)c(C)c(-c2cc3cc(CC(C)(C)C(F)(F)F)ccc3c[n+]2C)c1. The Morgan fingerprint density at radius 2 is 1.57 bits per heavy atom. The smallest absolute Gasteiger partial charge is 0.200 e. The first-order valence-electron chi connectivity index (χ1n) is 9.46.